The first-order valence-corrected chi connectivity index (χ1v) is 11.5. The molecule has 190 valence electrons. The highest BCUT2D eigenvalue weighted by Gasteiger charge is 2.15. The van der Waals surface area contributed by atoms with E-state index in [1.807, 2.05) is 21.1 Å². The summed E-state index contributed by atoms with van der Waals surface area (Å²) in [6, 6.07) is 4.40. The number of benzene rings is 1. The fourth-order valence-corrected chi connectivity index (χ4v) is 2.73. The summed E-state index contributed by atoms with van der Waals surface area (Å²) in [5.41, 5.74) is 0.651. The zero-order chi connectivity index (χ0) is 25.6. The van der Waals surface area contributed by atoms with Crippen molar-refractivity contribution in [3.05, 3.63) is 35.9 Å². The van der Waals surface area contributed by atoms with Crippen LogP contribution < -0.4 is 10.1 Å². The largest absolute Gasteiger partial charge is 0.516 e. The molecule has 0 saturated carbocycles. The highest BCUT2D eigenvalue weighted by atomic mass is 16.8. The van der Waals surface area contributed by atoms with Gasteiger partial charge in [-0.1, -0.05) is 32.1 Å². The second-order valence-electron chi connectivity index (χ2n) is 9.39. The van der Waals surface area contributed by atoms with E-state index in [1.165, 1.54) is 12.1 Å². The summed E-state index contributed by atoms with van der Waals surface area (Å²) < 4.78 is 15.1. The summed E-state index contributed by atoms with van der Waals surface area (Å²) in [5, 5.41) is 12.9. The molecule has 0 saturated heterocycles. The van der Waals surface area contributed by atoms with Crippen LogP contribution in [-0.2, 0) is 25.6 Å². The quantitative estimate of drug-likeness (QED) is 0.104. The van der Waals surface area contributed by atoms with Crippen LogP contribution in [0.3, 0.4) is 0 Å². The van der Waals surface area contributed by atoms with Crippen LogP contribution in [0.4, 0.5) is 4.79 Å². The van der Waals surface area contributed by atoms with E-state index in [1.54, 1.807) is 6.07 Å². The van der Waals surface area contributed by atoms with E-state index in [9.17, 15) is 19.5 Å². The van der Waals surface area contributed by atoms with Gasteiger partial charge in [-0.2, -0.15) is 0 Å². The predicted molar refractivity (Wildman–Crippen MR) is 128 cm³/mol. The molecule has 0 atom stereocenters. The van der Waals surface area contributed by atoms with Gasteiger partial charge in [-0.05, 0) is 42.9 Å². The van der Waals surface area contributed by atoms with Gasteiger partial charge in [-0.15, -0.1) is 0 Å². The predicted octanol–water partition coefficient (Wildman–Crippen LogP) is 3.89. The Balaban J connectivity index is 2.31. The first-order valence-electron chi connectivity index (χ1n) is 11.5. The fourth-order valence-electron chi connectivity index (χ4n) is 2.73. The molecule has 1 aromatic rings. The molecule has 0 aliphatic carbocycles. The van der Waals surface area contributed by atoms with Gasteiger partial charge in [0.2, 0.25) is 12.7 Å². The van der Waals surface area contributed by atoms with E-state index in [0.717, 1.165) is 19.3 Å². The minimum Gasteiger partial charge on any atom is -0.504 e. The number of phenolic OH excluding ortho intramolecular Hbond substituents is 1. The molecule has 0 fully saturated rings. The number of ether oxygens (including phenoxy) is 3. The van der Waals surface area contributed by atoms with Gasteiger partial charge in [0.15, 0.2) is 11.5 Å². The number of rotatable bonds is 14. The third kappa shape index (κ3) is 14.2. The molecule has 0 aromatic heterocycles. The number of unbranched alkanes of at least 4 members (excludes halogenated alkanes) is 2. The molecule has 1 amide bonds. The molecule has 0 aliphatic rings. The number of aromatic hydroxyl groups is 1. The highest BCUT2D eigenvalue weighted by Crippen LogP contribution is 2.27. The zero-order valence-electron chi connectivity index (χ0n) is 21.0. The molecule has 0 bridgehead atoms. The maximum atomic E-state index is 12.0. The van der Waals surface area contributed by atoms with E-state index in [4.69, 9.17) is 14.2 Å². The van der Waals surface area contributed by atoms with Gasteiger partial charge < -0.3 is 29.1 Å². The Morgan fingerprint density at radius 3 is 2.47 bits per heavy atom. The van der Waals surface area contributed by atoms with Gasteiger partial charge in [-0.25, -0.2) is 4.79 Å². The minimum atomic E-state index is -1.11. The Hall–Kier alpha value is -3.07. The maximum Gasteiger partial charge on any atom is 0.516 e. The topological polar surface area (TPSA) is 111 Å². The standard InChI is InChI=1S/C25H38N2O7/c1-19(2)10-8-6-7-9-11-23(29)26-17-20-12-13-22(21(28)16-20)34-25(31)33-18-32-24(30)14-15-27(3,4)5/h8,10,12-13,16,19H,6-7,9,11,14-15,17-18H2,1-5H3,(H-,26,28,29)/p+1/b10-8+. The van der Waals surface area contributed by atoms with Crippen molar-refractivity contribution in [2.24, 2.45) is 5.92 Å². The van der Waals surface area contributed by atoms with Crippen LogP contribution in [-0.4, -0.2) is 62.1 Å². The molecule has 2 N–H and O–H groups in total. The van der Waals surface area contributed by atoms with Crippen LogP contribution >= 0.6 is 0 Å². The number of quaternary nitrogens is 1. The van der Waals surface area contributed by atoms with Crippen LogP contribution in [0, 0.1) is 5.92 Å². The summed E-state index contributed by atoms with van der Waals surface area (Å²) in [4.78, 5) is 35.3. The molecule has 1 rings (SSSR count). The van der Waals surface area contributed by atoms with Crippen molar-refractivity contribution in [1.82, 2.24) is 5.32 Å². The SMILES string of the molecule is CC(C)/C=C/CCCCC(=O)NCc1ccc(OC(=O)OCOC(=O)CC[N+](C)(C)C)c(O)c1. The Morgan fingerprint density at radius 1 is 1.09 bits per heavy atom. The van der Waals surface area contributed by atoms with Crippen molar-refractivity contribution in [3.63, 3.8) is 0 Å². The van der Waals surface area contributed by atoms with Crippen molar-refractivity contribution in [1.29, 1.82) is 0 Å². The first-order chi connectivity index (χ1) is 16.0. The fraction of sp³-hybridized carbons (Fsp3) is 0.560. The number of nitrogens with one attached hydrogen (secondary N) is 1. The van der Waals surface area contributed by atoms with Gasteiger partial charge in [-0.3, -0.25) is 9.59 Å². The Kier molecular flexibility index (Phi) is 12.7. The van der Waals surface area contributed by atoms with Crippen LogP contribution in [0.2, 0.25) is 0 Å². The van der Waals surface area contributed by atoms with Gasteiger partial charge in [0, 0.05) is 13.0 Å². The average Bonchev–Trinajstić information content (AvgIpc) is 2.74. The molecule has 1 aromatic carbocycles. The van der Waals surface area contributed by atoms with Crippen LogP contribution in [0.5, 0.6) is 11.5 Å². The van der Waals surface area contributed by atoms with E-state index in [-0.39, 0.29) is 30.4 Å². The summed E-state index contributed by atoms with van der Waals surface area (Å²) in [7, 11) is 5.84. The lowest BCUT2D eigenvalue weighted by Gasteiger charge is -2.22. The molecule has 0 unspecified atom stereocenters. The lowest BCUT2D eigenvalue weighted by molar-refractivity contribution is -0.869. The second-order valence-corrected chi connectivity index (χ2v) is 9.39. The molecule has 0 radical (unpaired) electrons. The molecule has 9 nitrogen and oxygen atoms in total. The molecule has 9 heteroatoms. The monoisotopic (exact) mass is 479 g/mol. The number of amides is 1. The van der Waals surface area contributed by atoms with E-state index < -0.39 is 18.9 Å². The van der Waals surface area contributed by atoms with Crippen LogP contribution in [0.15, 0.2) is 30.4 Å². The summed E-state index contributed by atoms with van der Waals surface area (Å²) >= 11 is 0. The molecule has 0 spiro atoms. The Bertz CT molecular complexity index is 829. The number of carbonyl (C=O) groups is 3. The molecule has 34 heavy (non-hydrogen) atoms. The number of nitrogens with zero attached hydrogens (tertiary/aromatic N) is 1. The average molecular weight is 480 g/mol. The number of phenols is 1. The van der Waals surface area contributed by atoms with Crippen molar-refractivity contribution in [3.8, 4) is 11.5 Å². The lowest BCUT2D eigenvalue weighted by atomic mass is 10.1. The smallest absolute Gasteiger partial charge is 0.504 e. The van der Waals surface area contributed by atoms with E-state index >= 15 is 0 Å². The van der Waals surface area contributed by atoms with Crippen molar-refractivity contribution >= 4 is 18.0 Å². The number of hydrogen-bond donors (Lipinski definition) is 2. The molecular formula is C25H39N2O7+. The second kappa shape index (κ2) is 15.0. The van der Waals surface area contributed by atoms with Gasteiger partial charge in [0.05, 0.1) is 34.1 Å². The molecule has 0 heterocycles. The van der Waals surface area contributed by atoms with Gasteiger partial charge in [0.25, 0.3) is 0 Å². The summed E-state index contributed by atoms with van der Waals surface area (Å²) in [6.07, 6.45) is 6.54. The van der Waals surface area contributed by atoms with Crippen molar-refractivity contribution in [2.75, 3.05) is 34.5 Å². The van der Waals surface area contributed by atoms with Gasteiger partial charge >= 0.3 is 12.1 Å². The minimum absolute atomic E-state index is 0.0628. The van der Waals surface area contributed by atoms with E-state index in [0.29, 0.717) is 28.9 Å². The van der Waals surface area contributed by atoms with Gasteiger partial charge in [0.1, 0.15) is 0 Å². The number of carbonyl (C=O) groups excluding carboxylic acids is 3. The highest BCUT2D eigenvalue weighted by molar-refractivity contribution is 5.75. The third-order valence-corrected chi connectivity index (χ3v) is 4.64. The van der Waals surface area contributed by atoms with Crippen LogP contribution in [0.1, 0.15) is 51.5 Å². The summed E-state index contributed by atoms with van der Waals surface area (Å²) in [5.74, 6) is -0.397. The Labute approximate surface area is 202 Å². The number of allylic oxidation sites excluding steroid dienone is 2. The number of hydrogen-bond acceptors (Lipinski definition) is 7. The van der Waals surface area contributed by atoms with E-state index in [2.05, 4.69) is 31.3 Å². The Morgan fingerprint density at radius 2 is 1.82 bits per heavy atom. The third-order valence-electron chi connectivity index (χ3n) is 4.64. The first kappa shape index (κ1) is 29.0. The number of esters is 1. The van der Waals surface area contributed by atoms with Crippen molar-refractivity contribution in [2.45, 2.75) is 52.5 Å². The van der Waals surface area contributed by atoms with Crippen molar-refractivity contribution < 1.29 is 38.2 Å². The lowest BCUT2D eigenvalue weighted by Crippen LogP contribution is -2.36. The van der Waals surface area contributed by atoms with Crippen LogP contribution in [0.25, 0.3) is 0 Å². The molecular weight excluding hydrogens is 440 g/mol. The normalized spacial score (nSPS) is 11.5. The maximum absolute atomic E-state index is 12.0. The summed E-state index contributed by atoms with van der Waals surface area (Å²) in [6.45, 7) is 4.50. The molecule has 0 aliphatic heterocycles. The zero-order valence-corrected chi connectivity index (χ0v) is 21.0.